The van der Waals surface area contributed by atoms with Crippen LogP contribution in [0.15, 0.2) is 66.2 Å². The van der Waals surface area contributed by atoms with Crippen LogP contribution in [0.2, 0.25) is 0 Å². The minimum atomic E-state index is -0.177. The third kappa shape index (κ3) is 2.36. The molecule has 0 bridgehead atoms. The van der Waals surface area contributed by atoms with Gasteiger partial charge < -0.3 is 5.32 Å². The van der Waals surface area contributed by atoms with Gasteiger partial charge in [0.25, 0.3) is 0 Å². The molecule has 25 heavy (non-hydrogen) atoms. The van der Waals surface area contributed by atoms with Crippen molar-refractivity contribution < 1.29 is 4.39 Å². The van der Waals surface area contributed by atoms with Crippen molar-refractivity contribution in [3.05, 3.63) is 83.2 Å². The monoisotopic (exact) mass is 329 g/mol. The number of fused-ring (bicyclic) bond motifs is 4. The molecule has 3 aromatic carbocycles. The molecule has 0 amide bonds. The molecule has 124 valence electrons. The van der Waals surface area contributed by atoms with Crippen molar-refractivity contribution >= 4 is 22.0 Å². The van der Waals surface area contributed by atoms with E-state index >= 15 is 0 Å². The maximum atomic E-state index is 13.4. The molecular weight excluding hydrogens is 309 g/mol. The number of hydrogen-bond acceptors (Lipinski definition) is 1. The molecule has 0 saturated carbocycles. The molecule has 0 radical (unpaired) electrons. The first-order chi connectivity index (χ1) is 12.3. The van der Waals surface area contributed by atoms with E-state index in [4.69, 9.17) is 0 Å². The summed E-state index contributed by atoms with van der Waals surface area (Å²) in [6.07, 6.45) is 4.73. The Bertz CT molecular complexity index is 985. The van der Waals surface area contributed by atoms with Gasteiger partial charge in [0.05, 0.1) is 6.04 Å². The van der Waals surface area contributed by atoms with E-state index in [2.05, 4.69) is 41.7 Å². The minimum absolute atomic E-state index is 0.157. The van der Waals surface area contributed by atoms with Crippen LogP contribution in [0, 0.1) is 5.82 Å². The normalized spacial score (nSPS) is 19.3. The van der Waals surface area contributed by atoms with Crippen molar-refractivity contribution in [3.63, 3.8) is 0 Å². The molecule has 2 aliphatic rings. The Morgan fingerprint density at radius 1 is 0.840 bits per heavy atom. The molecule has 2 heteroatoms. The van der Waals surface area contributed by atoms with Gasteiger partial charge in [0.15, 0.2) is 0 Å². The average molecular weight is 329 g/mol. The Labute approximate surface area is 147 Å². The van der Waals surface area contributed by atoms with Crippen molar-refractivity contribution in [3.8, 4) is 0 Å². The van der Waals surface area contributed by atoms with Crippen molar-refractivity contribution in [2.24, 2.45) is 0 Å². The van der Waals surface area contributed by atoms with Crippen molar-refractivity contribution in [2.75, 3.05) is 5.32 Å². The lowest BCUT2D eigenvalue weighted by molar-refractivity contribution is 0.625. The minimum Gasteiger partial charge on any atom is -0.374 e. The number of hydrogen-bond donors (Lipinski definition) is 1. The fraction of sp³-hybridized carbons (Fsp3) is 0.217. The van der Waals surface area contributed by atoms with Crippen LogP contribution in [-0.2, 0) is 0 Å². The Morgan fingerprint density at radius 3 is 2.52 bits per heavy atom. The van der Waals surface area contributed by atoms with Crippen LogP contribution in [0.3, 0.4) is 0 Å². The summed E-state index contributed by atoms with van der Waals surface area (Å²) in [7, 11) is 0. The third-order valence-corrected chi connectivity index (χ3v) is 5.59. The summed E-state index contributed by atoms with van der Waals surface area (Å²) in [4.78, 5) is 0. The fourth-order valence-corrected chi connectivity index (χ4v) is 4.43. The molecule has 1 atom stereocenters. The topological polar surface area (TPSA) is 12.0 Å². The van der Waals surface area contributed by atoms with Crippen LogP contribution in [0.1, 0.15) is 42.9 Å². The predicted octanol–water partition coefficient (Wildman–Crippen LogP) is 6.47. The second-order valence-electron chi connectivity index (χ2n) is 7.05. The van der Waals surface area contributed by atoms with E-state index in [-0.39, 0.29) is 11.9 Å². The molecule has 0 saturated heterocycles. The van der Waals surface area contributed by atoms with Crippen molar-refractivity contribution in [1.29, 1.82) is 0 Å². The van der Waals surface area contributed by atoms with Gasteiger partial charge in [-0.3, -0.25) is 0 Å². The molecule has 0 aromatic heterocycles. The molecule has 1 heterocycles. The molecule has 1 aliphatic heterocycles. The number of anilines is 1. The molecule has 5 rings (SSSR count). The standard InChI is InChI=1S/C23H20FN/c24-17-12-9-16(10-13-17)23-20-8-4-3-7-19(20)22-18-6-2-1-5-15(18)11-14-21(22)25-23/h1-2,5-6,9-14,23,25H,3-4,7-8H2/t23-/m1/s1. The molecule has 1 nitrogen and oxygen atoms in total. The summed E-state index contributed by atoms with van der Waals surface area (Å²) < 4.78 is 13.4. The third-order valence-electron chi connectivity index (χ3n) is 5.59. The van der Waals surface area contributed by atoms with Crippen molar-refractivity contribution in [1.82, 2.24) is 0 Å². The lowest BCUT2D eigenvalue weighted by atomic mass is 9.77. The molecular formula is C23H20FN. The van der Waals surface area contributed by atoms with Crippen LogP contribution < -0.4 is 5.32 Å². The van der Waals surface area contributed by atoms with Crippen LogP contribution >= 0.6 is 0 Å². The highest BCUT2D eigenvalue weighted by molar-refractivity contribution is 6.01. The van der Waals surface area contributed by atoms with E-state index in [1.165, 1.54) is 46.0 Å². The summed E-state index contributed by atoms with van der Waals surface area (Å²) in [6.45, 7) is 0. The van der Waals surface area contributed by atoms with Crippen LogP contribution in [0.25, 0.3) is 16.3 Å². The van der Waals surface area contributed by atoms with E-state index in [1.54, 1.807) is 12.1 Å². The number of nitrogens with one attached hydrogen (secondary N) is 1. The fourth-order valence-electron chi connectivity index (χ4n) is 4.43. The maximum absolute atomic E-state index is 13.4. The zero-order valence-electron chi connectivity index (χ0n) is 14.1. The molecule has 1 aliphatic carbocycles. The lowest BCUT2D eigenvalue weighted by Crippen LogP contribution is -2.22. The van der Waals surface area contributed by atoms with Gasteiger partial charge in [0.2, 0.25) is 0 Å². The first-order valence-corrected chi connectivity index (χ1v) is 9.07. The number of benzene rings is 3. The Kier molecular flexibility index (Phi) is 3.37. The van der Waals surface area contributed by atoms with Gasteiger partial charge in [0, 0.05) is 11.3 Å². The highest BCUT2D eigenvalue weighted by Crippen LogP contribution is 2.48. The van der Waals surface area contributed by atoms with E-state index in [0.717, 1.165) is 18.4 Å². The van der Waals surface area contributed by atoms with E-state index in [9.17, 15) is 4.39 Å². The van der Waals surface area contributed by atoms with Gasteiger partial charge in [-0.25, -0.2) is 4.39 Å². The largest absolute Gasteiger partial charge is 0.374 e. The van der Waals surface area contributed by atoms with E-state index < -0.39 is 0 Å². The first-order valence-electron chi connectivity index (χ1n) is 9.07. The molecule has 3 aromatic rings. The first kappa shape index (κ1) is 14.7. The van der Waals surface area contributed by atoms with Crippen LogP contribution in [0.4, 0.5) is 10.1 Å². The quantitative estimate of drug-likeness (QED) is 0.539. The van der Waals surface area contributed by atoms with E-state index in [0.29, 0.717) is 0 Å². The summed E-state index contributed by atoms with van der Waals surface area (Å²) in [5, 5.41) is 6.37. The number of rotatable bonds is 1. The zero-order chi connectivity index (χ0) is 16.8. The van der Waals surface area contributed by atoms with Gasteiger partial charge in [0.1, 0.15) is 5.82 Å². The summed E-state index contributed by atoms with van der Waals surface area (Å²) >= 11 is 0. The number of allylic oxidation sites excluding steroid dienone is 1. The van der Waals surface area contributed by atoms with Gasteiger partial charge in [-0.2, -0.15) is 0 Å². The SMILES string of the molecule is Fc1ccc([C@H]2Nc3ccc4ccccc4c3C3=C2CCCC3)cc1. The number of halogens is 1. The van der Waals surface area contributed by atoms with E-state index in [1.807, 2.05) is 12.1 Å². The average Bonchev–Trinajstić information content (AvgIpc) is 2.67. The smallest absolute Gasteiger partial charge is 0.123 e. The summed E-state index contributed by atoms with van der Waals surface area (Å²) in [5.41, 5.74) is 6.72. The van der Waals surface area contributed by atoms with Gasteiger partial charge >= 0.3 is 0 Å². The Hall–Kier alpha value is -2.61. The van der Waals surface area contributed by atoms with Crippen LogP contribution in [0.5, 0.6) is 0 Å². The second kappa shape index (κ2) is 5.73. The highest BCUT2D eigenvalue weighted by atomic mass is 19.1. The van der Waals surface area contributed by atoms with Gasteiger partial charge in [-0.15, -0.1) is 0 Å². The van der Waals surface area contributed by atoms with Crippen molar-refractivity contribution in [2.45, 2.75) is 31.7 Å². The van der Waals surface area contributed by atoms with Gasteiger partial charge in [-0.05, 0) is 71.4 Å². The summed E-state index contributed by atoms with van der Waals surface area (Å²) in [5.74, 6) is -0.177. The second-order valence-corrected chi connectivity index (χ2v) is 7.05. The maximum Gasteiger partial charge on any atom is 0.123 e. The molecule has 0 spiro atoms. The predicted molar refractivity (Wildman–Crippen MR) is 102 cm³/mol. The van der Waals surface area contributed by atoms with Gasteiger partial charge in [-0.1, -0.05) is 42.5 Å². The Morgan fingerprint density at radius 2 is 1.64 bits per heavy atom. The Balaban J connectivity index is 1.73. The zero-order valence-corrected chi connectivity index (χ0v) is 14.1. The highest BCUT2D eigenvalue weighted by Gasteiger charge is 2.30. The summed E-state index contributed by atoms with van der Waals surface area (Å²) in [6, 6.07) is 20.1. The van der Waals surface area contributed by atoms with Crippen LogP contribution in [-0.4, -0.2) is 0 Å². The molecule has 0 unspecified atom stereocenters. The molecule has 1 N–H and O–H groups in total. The molecule has 0 fully saturated rings. The lowest BCUT2D eigenvalue weighted by Gasteiger charge is -2.36.